The van der Waals surface area contributed by atoms with E-state index < -0.39 is 7.38 Å². The van der Waals surface area contributed by atoms with E-state index in [-0.39, 0.29) is 0 Å². The molecule has 3 heteroatoms. The largest absolute Gasteiger partial charge is 0.300 e. The lowest BCUT2D eigenvalue weighted by molar-refractivity contribution is -0.117. The van der Waals surface area contributed by atoms with Crippen molar-refractivity contribution < 1.29 is 4.79 Å². The molecule has 0 saturated carbocycles. The van der Waals surface area contributed by atoms with Gasteiger partial charge in [-0.3, -0.25) is 0 Å². The summed E-state index contributed by atoms with van der Waals surface area (Å²) < 4.78 is 0. The van der Waals surface area contributed by atoms with Gasteiger partial charge in [-0.25, -0.2) is 0 Å². The van der Waals surface area contributed by atoms with Crippen LogP contribution >= 0.6 is 11.1 Å². The Morgan fingerprint density at radius 1 is 1.36 bits per heavy atom. The van der Waals surface area contributed by atoms with Crippen LogP contribution in [-0.4, -0.2) is 13.2 Å². The number of halogens is 1. The van der Waals surface area contributed by atoms with Gasteiger partial charge in [-0.2, -0.15) is 11.1 Å². The van der Waals surface area contributed by atoms with E-state index in [9.17, 15) is 4.79 Å². The van der Waals surface area contributed by atoms with Crippen LogP contribution in [0.2, 0.25) is 19.1 Å². The Hall–Kier alpha value is 0.177. The summed E-state index contributed by atoms with van der Waals surface area (Å²) in [7, 11) is -1.37. The van der Waals surface area contributed by atoms with Crippen LogP contribution < -0.4 is 0 Å². The van der Waals surface area contributed by atoms with Crippen LogP contribution in [0.1, 0.15) is 26.2 Å². The zero-order valence-electron chi connectivity index (χ0n) is 7.61. The van der Waals surface area contributed by atoms with Crippen molar-refractivity contribution in [3.8, 4) is 0 Å². The van der Waals surface area contributed by atoms with E-state index in [1.54, 1.807) is 6.92 Å². The molecule has 0 radical (unpaired) electrons. The topological polar surface area (TPSA) is 17.1 Å². The highest BCUT2D eigenvalue weighted by atomic mass is 35.6. The highest BCUT2D eigenvalue weighted by Gasteiger charge is 2.15. The van der Waals surface area contributed by atoms with E-state index in [1.807, 2.05) is 0 Å². The average Bonchev–Trinajstić information content (AvgIpc) is 1.78. The summed E-state index contributed by atoms with van der Waals surface area (Å²) >= 11 is 6.10. The number of ketones is 1. The van der Waals surface area contributed by atoms with Crippen molar-refractivity contribution in [2.45, 2.75) is 45.3 Å². The Kier molecular flexibility index (Phi) is 5.02. The molecule has 0 aliphatic carbocycles. The lowest BCUT2D eigenvalue weighted by Gasteiger charge is -2.11. The fourth-order valence-electron chi connectivity index (χ4n) is 0.919. The number of carbonyl (C=O) groups excluding carboxylic acids is 1. The summed E-state index contributed by atoms with van der Waals surface area (Å²) in [6.45, 7) is 5.92. The van der Waals surface area contributed by atoms with Gasteiger partial charge in [-0.1, -0.05) is 19.5 Å². The van der Waals surface area contributed by atoms with E-state index >= 15 is 0 Å². The van der Waals surface area contributed by atoms with Crippen molar-refractivity contribution in [3.63, 3.8) is 0 Å². The molecule has 0 rings (SSSR count). The van der Waals surface area contributed by atoms with Crippen LogP contribution in [-0.2, 0) is 4.79 Å². The molecule has 66 valence electrons. The predicted octanol–water partition coefficient (Wildman–Crippen LogP) is 3.19. The van der Waals surface area contributed by atoms with Crippen molar-refractivity contribution >= 4 is 24.2 Å². The highest BCUT2D eigenvalue weighted by molar-refractivity contribution is 7.19. The quantitative estimate of drug-likeness (QED) is 0.372. The second-order valence-corrected chi connectivity index (χ2v) is 10.6. The molecule has 0 spiro atoms. The lowest BCUT2D eigenvalue weighted by Crippen LogP contribution is -2.15. The normalized spacial score (nSPS) is 11.6. The van der Waals surface area contributed by atoms with Gasteiger partial charge in [0.1, 0.15) is 13.2 Å². The third kappa shape index (κ3) is 10.2. The van der Waals surface area contributed by atoms with Crippen LogP contribution in [0, 0.1) is 0 Å². The fraction of sp³-hybridized carbons (Fsp3) is 0.875. The zero-order chi connectivity index (χ0) is 8.91. The summed E-state index contributed by atoms with van der Waals surface area (Å²) in [4.78, 5) is 10.5. The summed E-state index contributed by atoms with van der Waals surface area (Å²) in [6.07, 6.45) is 2.85. The maximum absolute atomic E-state index is 10.5. The van der Waals surface area contributed by atoms with Gasteiger partial charge in [0.25, 0.3) is 0 Å². The molecule has 0 unspecified atom stereocenters. The van der Waals surface area contributed by atoms with Crippen molar-refractivity contribution in [3.05, 3.63) is 0 Å². The van der Waals surface area contributed by atoms with Crippen molar-refractivity contribution in [1.82, 2.24) is 0 Å². The van der Waals surface area contributed by atoms with Gasteiger partial charge in [-0.05, 0) is 19.4 Å². The van der Waals surface area contributed by atoms with Gasteiger partial charge in [0.05, 0.1) is 0 Å². The number of unbranched alkanes of at least 4 members (excludes halogenated alkanes) is 1. The minimum atomic E-state index is -1.37. The van der Waals surface area contributed by atoms with Gasteiger partial charge in [0.2, 0.25) is 0 Å². The Bertz CT molecular complexity index is 129. The lowest BCUT2D eigenvalue weighted by atomic mass is 10.2. The Labute approximate surface area is 74.8 Å². The highest BCUT2D eigenvalue weighted by Crippen LogP contribution is 2.18. The third-order valence-electron chi connectivity index (χ3n) is 1.55. The van der Waals surface area contributed by atoms with E-state index in [4.69, 9.17) is 11.1 Å². The second-order valence-electron chi connectivity index (χ2n) is 3.63. The Morgan fingerprint density at radius 3 is 2.27 bits per heavy atom. The van der Waals surface area contributed by atoms with Crippen LogP contribution in [0.3, 0.4) is 0 Å². The maximum atomic E-state index is 10.5. The van der Waals surface area contributed by atoms with Crippen LogP contribution in [0.5, 0.6) is 0 Å². The van der Waals surface area contributed by atoms with Crippen LogP contribution in [0.4, 0.5) is 0 Å². The van der Waals surface area contributed by atoms with Crippen LogP contribution in [0.15, 0.2) is 0 Å². The molecule has 0 saturated heterocycles. The zero-order valence-corrected chi connectivity index (χ0v) is 9.37. The molecule has 0 aromatic heterocycles. The van der Waals surface area contributed by atoms with E-state index in [0.717, 1.165) is 25.3 Å². The Balaban J connectivity index is 3.22. The van der Waals surface area contributed by atoms with E-state index in [1.165, 1.54) is 0 Å². The molecule has 0 N–H and O–H groups in total. The maximum Gasteiger partial charge on any atom is 0.150 e. The summed E-state index contributed by atoms with van der Waals surface area (Å²) in [5.41, 5.74) is 0. The van der Waals surface area contributed by atoms with Gasteiger partial charge >= 0.3 is 0 Å². The number of rotatable bonds is 5. The average molecular weight is 193 g/mol. The van der Waals surface area contributed by atoms with Crippen molar-refractivity contribution in [1.29, 1.82) is 0 Å². The number of hydrogen-bond donors (Lipinski definition) is 0. The van der Waals surface area contributed by atoms with Gasteiger partial charge in [0, 0.05) is 6.42 Å². The first kappa shape index (κ1) is 11.2. The first-order chi connectivity index (χ1) is 4.92. The van der Waals surface area contributed by atoms with Gasteiger partial charge in [-0.15, -0.1) is 0 Å². The molecular weight excluding hydrogens is 176 g/mol. The number of hydrogen-bond acceptors (Lipinski definition) is 1. The molecule has 1 nitrogen and oxygen atoms in total. The third-order valence-corrected chi connectivity index (χ3v) is 3.66. The number of Topliss-reactive ketones (excluding diaryl/α,β-unsaturated/α-hetero) is 1. The molecule has 0 amide bonds. The molecular formula is C8H17ClOSi. The molecule has 0 aromatic rings. The molecule has 0 aromatic carbocycles. The summed E-state index contributed by atoms with van der Waals surface area (Å²) in [6, 6.07) is 1.13. The van der Waals surface area contributed by atoms with Gasteiger partial charge < -0.3 is 4.79 Å². The van der Waals surface area contributed by atoms with Gasteiger partial charge in [0.15, 0.2) is 0 Å². The van der Waals surface area contributed by atoms with Crippen LogP contribution in [0.25, 0.3) is 0 Å². The molecule has 0 heterocycles. The molecule has 0 aliphatic heterocycles. The molecule has 0 aliphatic rings. The Morgan fingerprint density at radius 2 is 1.91 bits per heavy atom. The standard InChI is InChI=1S/C8H17ClOSi/c1-8(10)6-4-5-7-11(2,3)9/h4-7H2,1-3H3. The first-order valence-corrected chi connectivity index (χ1v) is 8.32. The van der Waals surface area contributed by atoms with Crippen molar-refractivity contribution in [2.75, 3.05) is 0 Å². The number of carbonyl (C=O) groups is 1. The smallest absolute Gasteiger partial charge is 0.150 e. The van der Waals surface area contributed by atoms with Crippen molar-refractivity contribution in [2.24, 2.45) is 0 Å². The fourth-order valence-corrected chi connectivity index (χ4v) is 2.41. The summed E-state index contributed by atoms with van der Waals surface area (Å²) in [5.74, 6) is 0.291. The predicted molar refractivity (Wildman–Crippen MR) is 52.7 cm³/mol. The minimum absolute atomic E-state index is 0.291. The SMILES string of the molecule is CC(=O)CCCC[Si](C)(C)Cl. The first-order valence-electron chi connectivity index (χ1n) is 4.10. The second kappa shape index (κ2) is 4.94. The molecule has 0 fully saturated rings. The van der Waals surface area contributed by atoms with E-state index in [0.29, 0.717) is 5.78 Å². The molecule has 11 heavy (non-hydrogen) atoms. The molecule has 0 bridgehead atoms. The van der Waals surface area contributed by atoms with E-state index in [2.05, 4.69) is 13.1 Å². The monoisotopic (exact) mass is 192 g/mol. The molecule has 0 atom stereocenters. The minimum Gasteiger partial charge on any atom is -0.300 e. The summed E-state index contributed by atoms with van der Waals surface area (Å²) in [5, 5.41) is 0.